The van der Waals surface area contributed by atoms with E-state index in [1.165, 1.54) is 12.5 Å². The van der Waals surface area contributed by atoms with Crippen LogP contribution >= 0.6 is 7.37 Å². The van der Waals surface area contributed by atoms with Gasteiger partial charge in [-0.3, -0.25) is 9.36 Å². The second kappa shape index (κ2) is 10.0. The largest absolute Gasteiger partial charge is 0.392 e. The number of ether oxygens (including phenoxy) is 1. The Kier molecular flexibility index (Phi) is 8.01. The molecule has 6 nitrogen and oxygen atoms in total. The lowest BCUT2D eigenvalue weighted by Gasteiger charge is -2.16. The van der Waals surface area contributed by atoms with Gasteiger partial charge in [-0.1, -0.05) is 37.3 Å². The van der Waals surface area contributed by atoms with E-state index in [0.29, 0.717) is 12.8 Å². The Hall–Kier alpha value is -1.49. The summed E-state index contributed by atoms with van der Waals surface area (Å²) >= 11 is 0. The number of carbonyl (C=O) groups excluding carboxylic acids is 2. The van der Waals surface area contributed by atoms with Crippen molar-refractivity contribution in [3.63, 3.8) is 0 Å². The van der Waals surface area contributed by atoms with E-state index in [9.17, 15) is 19.0 Å². The van der Waals surface area contributed by atoms with Crippen molar-refractivity contribution in [1.29, 1.82) is 0 Å². The molecule has 1 aromatic carbocycles. The first-order chi connectivity index (χ1) is 12.4. The molecule has 1 fully saturated rings. The first-order valence-electron chi connectivity index (χ1n) is 9.21. The van der Waals surface area contributed by atoms with Gasteiger partial charge in [0.2, 0.25) is 7.37 Å². The predicted octanol–water partition coefficient (Wildman–Crippen LogP) is 2.74. The number of carbonyl (C=O) groups is 2. The zero-order valence-corrected chi connectivity index (χ0v) is 16.1. The predicted molar refractivity (Wildman–Crippen MR) is 100 cm³/mol. The van der Waals surface area contributed by atoms with Crippen LogP contribution in [0.15, 0.2) is 30.3 Å². The summed E-state index contributed by atoms with van der Waals surface area (Å²) in [6.07, 6.45) is 3.85. The summed E-state index contributed by atoms with van der Waals surface area (Å²) in [5, 5.41) is 2.97. The summed E-state index contributed by atoms with van der Waals surface area (Å²) in [6.45, 7) is 2.27. The molecule has 1 aromatic rings. The first-order valence-corrected chi connectivity index (χ1v) is 11.2. The number of unbranched alkanes of at least 4 members (excludes halogenated alkanes) is 1. The van der Waals surface area contributed by atoms with Gasteiger partial charge in [0, 0.05) is 12.3 Å². The van der Waals surface area contributed by atoms with Gasteiger partial charge >= 0.3 is 11.9 Å². The summed E-state index contributed by atoms with van der Waals surface area (Å²) in [7, 11) is -3.42. The summed E-state index contributed by atoms with van der Waals surface area (Å²) < 4.78 is 17.2. The Balaban J connectivity index is 1.69. The van der Waals surface area contributed by atoms with Crippen LogP contribution in [-0.4, -0.2) is 41.7 Å². The second-order valence-electron chi connectivity index (χ2n) is 6.99. The van der Waals surface area contributed by atoms with Gasteiger partial charge in [-0.25, -0.2) is 4.79 Å². The zero-order valence-electron chi connectivity index (χ0n) is 15.2. The lowest BCUT2D eigenvalue weighted by Crippen LogP contribution is -2.35. The van der Waals surface area contributed by atoms with Crippen LogP contribution in [-0.2, 0) is 25.3 Å². The van der Waals surface area contributed by atoms with E-state index in [0.717, 1.165) is 25.8 Å². The van der Waals surface area contributed by atoms with Crippen molar-refractivity contribution >= 4 is 19.3 Å². The third-order valence-corrected chi connectivity index (χ3v) is 6.71. The van der Waals surface area contributed by atoms with Crippen molar-refractivity contribution in [2.75, 3.05) is 18.9 Å². The quantitative estimate of drug-likeness (QED) is 0.296. The van der Waals surface area contributed by atoms with Crippen LogP contribution in [0.25, 0.3) is 0 Å². The topological polar surface area (TPSA) is 92.7 Å². The Labute approximate surface area is 154 Å². The second-order valence-corrected chi connectivity index (χ2v) is 9.49. The number of nitrogens with one attached hydrogen (secondary N) is 1. The third-order valence-electron chi connectivity index (χ3n) is 4.57. The highest BCUT2D eigenvalue weighted by atomic mass is 31.2. The van der Waals surface area contributed by atoms with Crippen LogP contribution in [0.1, 0.15) is 38.2 Å². The fourth-order valence-corrected chi connectivity index (χ4v) is 4.99. The molecule has 2 N–H and O–H groups in total. The minimum Gasteiger partial charge on any atom is -0.392 e. The lowest BCUT2D eigenvalue weighted by molar-refractivity contribution is -0.163. The molecule has 2 unspecified atom stereocenters. The lowest BCUT2D eigenvalue weighted by atomic mass is 10.1. The van der Waals surface area contributed by atoms with E-state index in [2.05, 4.69) is 5.32 Å². The molecule has 26 heavy (non-hydrogen) atoms. The molecular weight excluding hydrogens is 353 g/mol. The van der Waals surface area contributed by atoms with Gasteiger partial charge in [0.05, 0.1) is 5.92 Å². The highest BCUT2D eigenvalue weighted by Crippen LogP contribution is 2.43. The highest BCUT2D eigenvalue weighted by Gasteiger charge is 2.30. The smallest absolute Gasteiger partial charge is 0.330 e. The number of esters is 2. The monoisotopic (exact) mass is 381 g/mol. The average Bonchev–Trinajstić information content (AvgIpc) is 3.14. The normalized spacial score (nSPS) is 20.3. The highest BCUT2D eigenvalue weighted by molar-refractivity contribution is 7.58. The summed E-state index contributed by atoms with van der Waals surface area (Å²) in [6, 6.07) is 9.54. The molecule has 0 bridgehead atoms. The van der Waals surface area contributed by atoms with Crippen molar-refractivity contribution in [1.82, 2.24) is 5.32 Å². The Morgan fingerprint density at radius 3 is 2.69 bits per heavy atom. The van der Waals surface area contributed by atoms with Crippen molar-refractivity contribution in [3.8, 4) is 0 Å². The molecule has 2 rings (SSSR count). The molecule has 1 saturated heterocycles. The molecule has 144 valence electrons. The first kappa shape index (κ1) is 20.8. The summed E-state index contributed by atoms with van der Waals surface area (Å²) in [4.78, 5) is 34.0. The zero-order chi connectivity index (χ0) is 19.0. The van der Waals surface area contributed by atoms with Crippen molar-refractivity contribution in [2.45, 2.75) is 45.1 Å². The van der Waals surface area contributed by atoms with Gasteiger partial charge in [-0.2, -0.15) is 0 Å². The molecule has 1 aliphatic heterocycles. The van der Waals surface area contributed by atoms with Crippen LogP contribution in [0.3, 0.4) is 0 Å². The maximum Gasteiger partial charge on any atom is 0.330 e. The van der Waals surface area contributed by atoms with E-state index in [1.807, 2.05) is 30.3 Å². The molecule has 0 amide bonds. The van der Waals surface area contributed by atoms with Crippen LogP contribution < -0.4 is 5.32 Å². The van der Waals surface area contributed by atoms with E-state index < -0.39 is 31.3 Å². The molecule has 1 aliphatic rings. The SMILES string of the molecule is CC(CP(=O)(O)CCCCc1ccccc1)C(=O)OC(=O)[C@@H]1CCCN1. The third kappa shape index (κ3) is 7.02. The molecule has 3 atom stereocenters. The number of hydrogen-bond acceptors (Lipinski definition) is 5. The van der Waals surface area contributed by atoms with Crippen molar-refractivity contribution < 1.29 is 23.8 Å². The molecule has 0 spiro atoms. The van der Waals surface area contributed by atoms with Crippen LogP contribution in [0.5, 0.6) is 0 Å². The van der Waals surface area contributed by atoms with E-state index in [1.54, 1.807) is 0 Å². The molecule has 0 aromatic heterocycles. The van der Waals surface area contributed by atoms with Gasteiger partial charge in [0.15, 0.2) is 0 Å². The van der Waals surface area contributed by atoms with E-state index in [4.69, 9.17) is 4.74 Å². The summed E-state index contributed by atoms with van der Waals surface area (Å²) in [5.41, 5.74) is 1.20. The number of hydrogen-bond donors (Lipinski definition) is 2. The minimum absolute atomic E-state index is 0.150. The minimum atomic E-state index is -3.42. The van der Waals surface area contributed by atoms with Crippen molar-refractivity contribution in [3.05, 3.63) is 35.9 Å². The van der Waals surface area contributed by atoms with Gasteiger partial charge < -0.3 is 14.9 Å². The van der Waals surface area contributed by atoms with Crippen LogP contribution in [0.2, 0.25) is 0 Å². The van der Waals surface area contributed by atoms with Crippen LogP contribution in [0, 0.1) is 5.92 Å². The Bertz CT molecular complexity index is 643. The summed E-state index contributed by atoms with van der Waals surface area (Å²) in [5.74, 6) is -2.08. The molecule has 0 saturated carbocycles. The molecule has 0 aliphatic carbocycles. The number of benzene rings is 1. The van der Waals surface area contributed by atoms with E-state index >= 15 is 0 Å². The van der Waals surface area contributed by atoms with Gasteiger partial charge in [0.1, 0.15) is 6.04 Å². The van der Waals surface area contributed by atoms with E-state index in [-0.39, 0.29) is 12.3 Å². The van der Waals surface area contributed by atoms with Crippen molar-refractivity contribution in [2.24, 2.45) is 5.92 Å². The Morgan fingerprint density at radius 1 is 1.31 bits per heavy atom. The average molecular weight is 381 g/mol. The maximum absolute atomic E-state index is 12.3. The van der Waals surface area contributed by atoms with Gasteiger partial charge in [-0.05, 0) is 44.2 Å². The van der Waals surface area contributed by atoms with Gasteiger partial charge in [0.25, 0.3) is 0 Å². The standard InChI is InChI=1S/C19H28NO5P/c1-15(18(21)25-19(22)17-11-7-12-20-17)14-26(23,24)13-6-5-10-16-8-3-2-4-9-16/h2-4,8-9,15,17,20H,5-7,10-14H2,1H3,(H,23,24)/t15?,17-/m0/s1. The molecule has 1 heterocycles. The fourth-order valence-electron chi connectivity index (χ4n) is 3.08. The molecular formula is C19H28NO5P. The number of aryl methyl sites for hydroxylation is 1. The van der Waals surface area contributed by atoms with Crippen LogP contribution in [0.4, 0.5) is 0 Å². The fraction of sp³-hybridized carbons (Fsp3) is 0.579. The molecule has 0 radical (unpaired) electrons. The Morgan fingerprint density at radius 2 is 2.04 bits per heavy atom. The molecule has 7 heteroatoms. The number of rotatable bonds is 9. The maximum atomic E-state index is 12.3. The van der Waals surface area contributed by atoms with Gasteiger partial charge in [-0.15, -0.1) is 0 Å².